The van der Waals surface area contributed by atoms with Crippen LogP contribution in [0.4, 0.5) is 0 Å². The molecular weight excluding hydrogens is 172 g/mol. The average molecular weight is 190 g/mol. The van der Waals surface area contributed by atoms with Gasteiger partial charge in [-0.3, -0.25) is 0 Å². The summed E-state index contributed by atoms with van der Waals surface area (Å²) in [6.45, 7) is 2.17. The van der Waals surface area contributed by atoms with E-state index in [1.54, 1.807) is 0 Å². The number of sulfone groups is 1. The molecule has 0 saturated carbocycles. The van der Waals surface area contributed by atoms with Crippen LogP contribution in [0.15, 0.2) is 0 Å². The number of rotatable bonds is 4. The van der Waals surface area contributed by atoms with Gasteiger partial charge in [0.05, 0.1) is 11.5 Å². The molecule has 1 heterocycles. The largest absolute Gasteiger partial charge is 0.229 e. The van der Waals surface area contributed by atoms with Gasteiger partial charge in [0, 0.05) is 0 Å². The van der Waals surface area contributed by atoms with Crippen molar-refractivity contribution in [2.45, 2.75) is 39.0 Å². The zero-order chi connectivity index (χ0) is 9.03. The van der Waals surface area contributed by atoms with E-state index in [-0.39, 0.29) is 0 Å². The van der Waals surface area contributed by atoms with Crippen LogP contribution in [0.2, 0.25) is 0 Å². The first kappa shape index (κ1) is 10.0. The van der Waals surface area contributed by atoms with Crippen molar-refractivity contribution in [1.82, 2.24) is 0 Å². The van der Waals surface area contributed by atoms with E-state index in [9.17, 15) is 8.42 Å². The van der Waals surface area contributed by atoms with Crippen molar-refractivity contribution in [2.24, 2.45) is 5.92 Å². The summed E-state index contributed by atoms with van der Waals surface area (Å²) in [5, 5.41) is 0. The average Bonchev–Trinajstić information content (AvgIpc) is 2.31. The van der Waals surface area contributed by atoms with Gasteiger partial charge in [0.25, 0.3) is 0 Å². The third-order valence-electron chi connectivity index (χ3n) is 2.54. The second-order valence-corrected chi connectivity index (χ2v) is 5.99. The van der Waals surface area contributed by atoms with E-state index in [4.69, 9.17) is 0 Å². The first-order chi connectivity index (χ1) is 5.64. The number of hydrogen-bond donors (Lipinski definition) is 0. The van der Waals surface area contributed by atoms with Crippen molar-refractivity contribution in [3.8, 4) is 0 Å². The monoisotopic (exact) mass is 190 g/mol. The molecule has 1 aliphatic heterocycles. The lowest BCUT2D eigenvalue weighted by Crippen LogP contribution is -2.04. The summed E-state index contributed by atoms with van der Waals surface area (Å²) in [6.07, 6.45) is 5.70. The van der Waals surface area contributed by atoms with Gasteiger partial charge in [0.2, 0.25) is 0 Å². The van der Waals surface area contributed by atoms with Gasteiger partial charge in [-0.25, -0.2) is 8.42 Å². The van der Waals surface area contributed by atoms with Crippen LogP contribution in [0.5, 0.6) is 0 Å². The fraction of sp³-hybridized carbons (Fsp3) is 1.00. The Morgan fingerprint density at radius 3 is 2.58 bits per heavy atom. The second-order valence-electron chi connectivity index (χ2n) is 3.76. The zero-order valence-electron chi connectivity index (χ0n) is 7.75. The Hall–Kier alpha value is -0.0500. The number of unbranched alkanes of at least 4 members (excludes halogenated alkanes) is 2. The van der Waals surface area contributed by atoms with Crippen LogP contribution in [-0.4, -0.2) is 19.9 Å². The summed E-state index contributed by atoms with van der Waals surface area (Å²) in [7, 11) is -2.63. The molecule has 12 heavy (non-hydrogen) atoms. The lowest BCUT2D eigenvalue weighted by atomic mass is 10.0. The molecule has 72 valence electrons. The standard InChI is InChI=1S/C9H18O2S/c1-2-3-4-5-9-6-7-12(10,11)8-9/h9H,2-8H2,1H3. The van der Waals surface area contributed by atoms with Crippen LogP contribution in [0.25, 0.3) is 0 Å². The van der Waals surface area contributed by atoms with E-state index in [1.165, 1.54) is 19.3 Å². The molecule has 0 aromatic rings. The van der Waals surface area contributed by atoms with Crippen LogP contribution in [-0.2, 0) is 9.84 Å². The highest BCUT2D eigenvalue weighted by Gasteiger charge is 2.26. The Kier molecular flexibility index (Phi) is 3.56. The maximum atomic E-state index is 11.1. The molecule has 1 aliphatic rings. The van der Waals surface area contributed by atoms with Gasteiger partial charge in [0.1, 0.15) is 0 Å². The van der Waals surface area contributed by atoms with Gasteiger partial charge in [-0.05, 0) is 18.8 Å². The summed E-state index contributed by atoms with van der Waals surface area (Å²) in [5.74, 6) is 1.36. The summed E-state index contributed by atoms with van der Waals surface area (Å²) in [5.41, 5.74) is 0. The SMILES string of the molecule is CCCCCC1CCS(=O)(=O)C1. The van der Waals surface area contributed by atoms with E-state index in [0.717, 1.165) is 12.8 Å². The normalized spacial score (nSPS) is 27.6. The molecule has 0 N–H and O–H groups in total. The fourth-order valence-corrected chi connectivity index (χ4v) is 3.69. The van der Waals surface area contributed by atoms with Crippen molar-refractivity contribution in [2.75, 3.05) is 11.5 Å². The molecule has 0 amide bonds. The van der Waals surface area contributed by atoms with Gasteiger partial charge in [0.15, 0.2) is 9.84 Å². The topological polar surface area (TPSA) is 34.1 Å². The summed E-state index contributed by atoms with van der Waals surface area (Å²) >= 11 is 0. The third kappa shape index (κ3) is 3.13. The van der Waals surface area contributed by atoms with Gasteiger partial charge in [-0.2, -0.15) is 0 Å². The summed E-state index contributed by atoms with van der Waals surface area (Å²) < 4.78 is 22.1. The van der Waals surface area contributed by atoms with Crippen LogP contribution in [0, 0.1) is 5.92 Å². The number of hydrogen-bond acceptors (Lipinski definition) is 2. The molecule has 0 aliphatic carbocycles. The van der Waals surface area contributed by atoms with Crippen molar-refractivity contribution >= 4 is 9.84 Å². The predicted molar refractivity (Wildman–Crippen MR) is 50.9 cm³/mol. The molecule has 1 saturated heterocycles. The molecule has 0 bridgehead atoms. The molecule has 3 heteroatoms. The molecule has 1 unspecified atom stereocenters. The van der Waals surface area contributed by atoms with E-state index in [1.807, 2.05) is 0 Å². The first-order valence-electron chi connectivity index (χ1n) is 4.84. The zero-order valence-corrected chi connectivity index (χ0v) is 8.57. The smallest absolute Gasteiger partial charge is 0.150 e. The second kappa shape index (κ2) is 4.26. The molecule has 1 atom stereocenters. The van der Waals surface area contributed by atoms with E-state index in [2.05, 4.69) is 6.92 Å². The minimum atomic E-state index is -2.63. The quantitative estimate of drug-likeness (QED) is 0.635. The Labute approximate surface area is 75.3 Å². The fourth-order valence-electron chi connectivity index (χ4n) is 1.78. The Bertz CT molecular complexity index is 219. The Morgan fingerprint density at radius 1 is 1.33 bits per heavy atom. The Morgan fingerprint density at radius 2 is 2.08 bits per heavy atom. The lowest BCUT2D eigenvalue weighted by molar-refractivity contribution is 0.503. The lowest BCUT2D eigenvalue weighted by Gasteiger charge is -2.05. The predicted octanol–water partition coefficient (Wildman–Crippen LogP) is 2.00. The highest BCUT2D eigenvalue weighted by atomic mass is 32.2. The Balaban J connectivity index is 2.20. The molecule has 2 nitrogen and oxygen atoms in total. The molecular formula is C9H18O2S. The third-order valence-corrected chi connectivity index (χ3v) is 4.38. The minimum Gasteiger partial charge on any atom is -0.229 e. The minimum absolute atomic E-state index is 0.434. The molecule has 0 aromatic carbocycles. The van der Waals surface area contributed by atoms with Gasteiger partial charge >= 0.3 is 0 Å². The van der Waals surface area contributed by atoms with Crippen molar-refractivity contribution in [3.63, 3.8) is 0 Å². The maximum absolute atomic E-state index is 11.1. The van der Waals surface area contributed by atoms with E-state index < -0.39 is 9.84 Å². The summed E-state index contributed by atoms with van der Waals surface area (Å²) in [4.78, 5) is 0. The van der Waals surface area contributed by atoms with Gasteiger partial charge < -0.3 is 0 Å². The molecule has 1 rings (SSSR count). The van der Waals surface area contributed by atoms with E-state index >= 15 is 0 Å². The summed E-state index contributed by atoms with van der Waals surface area (Å²) in [6, 6.07) is 0. The highest BCUT2D eigenvalue weighted by Crippen LogP contribution is 2.23. The van der Waals surface area contributed by atoms with Crippen LogP contribution < -0.4 is 0 Å². The van der Waals surface area contributed by atoms with Gasteiger partial charge in [-0.1, -0.05) is 26.2 Å². The van der Waals surface area contributed by atoms with Crippen molar-refractivity contribution in [3.05, 3.63) is 0 Å². The first-order valence-corrected chi connectivity index (χ1v) is 6.66. The van der Waals surface area contributed by atoms with Crippen LogP contribution in [0.3, 0.4) is 0 Å². The van der Waals surface area contributed by atoms with Crippen LogP contribution >= 0.6 is 0 Å². The van der Waals surface area contributed by atoms with Gasteiger partial charge in [-0.15, -0.1) is 0 Å². The molecule has 0 spiro atoms. The van der Waals surface area contributed by atoms with E-state index in [0.29, 0.717) is 17.4 Å². The van der Waals surface area contributed by atoms with Crippen LogP contribution in [0.1, 0.15) is 39.0 Å². The van der Waals surface area contributed by atoms with Crippen molar-refractivity contribution < 1.29 is 8.42 Å². The van der Waals surface area contributed by atoms with Crippen molar-refractivity contribution in [1.29, 1.82) is 0 Å². The molecule has 0 radical (unpaired) electrons. The molecule has 1 fully saturated rings. The highest BCUT2D eigenvalue weighted by molar-refractivity contribution is 7.91. The maximum Gasteiger partial charge on any atom is 0.150 e. The molecule has 0 aromatic heterocycles.